The van der Waals surface area contributed by atoms with Crippen LogP contribution in [0.4, 0.5) is 5.82 Å². The minimum Gasteiger partial charge on any atom is -0.263 e. The molecule has 0 radical (unpaired) electrons. The second-order valence-corrected chi connectivity index (χ2v) is 8.40. The average molecular weight is 384 g/mol. The summed E-state index contributed by atoms with van der Waals surface area (Å²) in [6, 6.07) is 16.6. The van der Waals surface area contributed by atoms with E-state index in [0.29, 0.717) is 5.82 Å². The van der Waals surface area contributed by atoms with Gasteiger partial charge >= 0.3 is 0 Å². The fraction of sp³-hybridized carbons (Fsp3) is 0.286. The summed E-state index contributed by atoms with van der Waals surface area (Å²) < 4.78 is 30.0. The summed E-state index contributed by atoms with van der Waals surface area (Å²) in [7, 11) is -3.69. The Kier molecular flexibility index (Phi) is 5.65. The molecule has 1 N–H and O–H groups in total. The Labute approximate surface area is 161 Å². The third kappa shape index (κ3) is 4.39. The van der Waals surface area contributed by atoms with E-state index in [2.05, 4.69) is 16.7 Å². The molecule has 0 aliphatic carbocycles. The van der Waals surface area contributed by atoms with Crippen molar-refractivity contribution in [3.63, 3.8) is 0 Å². The molecule has 0 bridgehead atoms. The third-order valence-corrected chi connectivity index (χ3v) is 5.84. The van der Waals surface area contributed by atoms with Crippen molar-refractivity contribution in [1.29, 1.82) is 0 Å². The number of hydrogen-bond donors (Lipinski definition) is 1. The van der Waals surface area contributed by atoms with Crippen LogP contribution in [0.3, 0.4) is 0 Å². The monoisotopic (exact) mass is 383 g/mol. The molecule has 27 heavy (non-hydrogen) atoms. The van der Waals surface area contributed by atoms with Crippen LogP contribution in [-0.4, -0.2) is 18.2 Å². The summed E-state index contributed by atoms with van der Waals surface area (Å²) in [6.07, 6.45) is 3.17. The lowest BCUT2D eigenvalue weighted by atomic mass is 10.1. The molecule has 6 heteroatoms. The van der Waals surface area contributed by atoms with Gasteiger partial charge < -0.3 is 0 Å². The van der Waals surface area contributed by atoms with Gasteiger partial charge in [0.25, 0.3) is 10.0 Å². The highest BCUT2D eigenvalue weighted by atomic mass is 32.2. The maximum Gasteiger partial charge on any atom is 0.263 e. The lowest BCUT2D eigenvalue weighted by Crippen LogP contribution is -2.16. The minimum absolute atomic E-state index is 0.248. The molecule has 1 aromatic heterocycles. The Morgan fingerprint density at radius 2 is 1.74 bits per heavy atom. The van der Waals surface area contributed by atoms with Gasteiger partial charge in [-0.05, 0) is 56.0 Å². The topological polar surface area (TPSA) is 64.0 Å². The highest BCUT2D eigenvalue weighted by Gasteiger charge is 2.18. The molecule has 3 aromatic rings. The van der Waals surface area contributed by atoms with Crippen LogP contribution in [0.25, 0.3) is 5.69 Å². The summed E-state index contributed by atoms with van der Waals surface area (Å²) in [5.41, 5.74) is 3.75. The summed E-state index contributed by atoms with van der Waals surface area (Å²) >= 11 is 0. The number of unbranched alkanes of at least 4 members (excludes halogenated alkanes) is 1. The van der Waals surface area contributed by atoms with Crippen molar-refractivity contribution < 1.29 is 8.42 Å². The van der Waals surface area contributed by atoms with Gasteiger partial charge in [-0.15, -0.1) is 0 Å². The molecule has 1 heterocycles. The number of aromatic nitrogens is 2. The molecule has 142 valence electrons. The van der Waals surface area contributed by atoms with Gasteiger partial charge in [0.2, 0.25) is 0 Å². The summed E-state index contributed by atoms with van der Waals surface area (Å²) in [6.45, 7) is 5.96. The number of rotatable bonds is 7. The molecule has 0 amide bonds. The van der Waals surface area contributed by atoms with Crippen LogP contribution in [0.15, 0.2) is 59.5 Å². The van der Waals surface area contributed by atoms with Crippen molar-refractivity contribution in [1.82, 2.24) is 9.78 Å². The second kappa shape index (κ2) is 7.96. The van der Waals surface area contributed by atoms with Crippen molar-refractivity contribution >= 4 is 15.8 Å². The SMILES string of the molecule is CCCCc1ccc(S(=O)(=O)Nc2cc(C)nn2-c2ccccc2C)cc1. The molecule has 0 atom stereocenters. The number of nitrogens with one attached hydrogen (secondary N) is 1. The molecule has 0 spiro atoms. The zero-order valence-electron chi connectivity index (χ0n) is 15.9. The fourth-order valence-electron chi connectivity index (χ4n) is 2.97. The van der Waals surface area contributed by atoms with Crippen molar-refractivity contribution in [2.75, 3.05) is 4.72 Å². The van der Waals surface area contributed by atoms with Crippen LogP contribution in [0.1, 0.15) is 36.6 Å². The van der Waals surface area contributed by atoms with E-state index in [1.807, 2.05) is 50.2 Å². The van der Waals surface area contributed by atoms with E-state index in [1.54, 1.807) is 22.9 Å². The van der Waals surface area contributed by atoms with Gasteiger partial charge in [0, 0.05) is 6.07 Å². The standard InChI is InChI=1S/C21H25N3O2S/c1-4-5-9-18-11-13-19(14-12-18)27(25,26)23-21-15-17(3)22-24(21)20-10-7-6-8-16(20)2/h6-8,10-15,23H,4-5,9H2,1-3H3. The lowest BCUT2D eigenvalue weighted by molar-refractivity contribution is 0.600. The van der Waals surface area contributed by atoms with Gasteiger partial charge in [-0.3, -0.25) is 4.72 Å². The number of nitrogens with zero attached hydrogens (tertiary/aromatic N) is 2. The predicted octanol–water partition coefficient (Wildman–Crippen LogP) is 4.63. The first-order valence-electron chi connectivity index (χ1n) is 9.15. The molecule has 0 aliphatic heterocycles. The number of sulfonamides is 1. The van der Waals surface area contributed by atoms with E-state index in [1.165, 1.54) is 0 Å². The Morgan fingerprint density at radius 3 is 2.41 bits per heavy atom. The highest BCUT2D eigenvalue weighted by molar-refractivity contribution is 7.92. The smallest absolute Gasteiger partial charge is 0.263 e. The lowest BCUT2D eigenvalue weighted by Gasteiger charge is -2.12. The first-order valence-corrected chi connectivity index (χ1v) is 10.6. The number of aryl methyl sites for hydroxylation is 3. The van der Waals surface area contributed by atoms with Crippen molar-refractivity contribution in [2.45, 2.75) is 44.9 Å². The van der Waals surface area contributed by atoms with Crippen LogP contribution in [0.5, 0.6) is 0 Å². The van der Waals surface area contributed by atoms with Crippen LogP contribution < -0.4 is 4.72 Å². The molecule has 0 saturated heterocycles. The average Bonchev–Trinajstić information content (AvgIpc) is 3.00. The zero-order chi connectivity index (χ0) is 19.4. The van der Waals surface area contributed by atoms with Gasteiger partial charge in [-0.25, -0.2) is 13.1 Å². The van der Waals surface area contributed by atoms with Crippen molar-refractivity contribution in [3.05, 3.63) is 71.4 Å². The quantitative estimate of drug-likeness (QED) is 0.647. The molecule has 3 rings (SSSR count). The van der Waals surface area contributed by atoms with E-state index in [-0.39, 0.29) is 4.90 Å². The number of benzene rings is 2. The van der Waals surface area contributed by atoms with Crippen LogP contribution in [0, 0.1) is 13.8 Å². The summed E-state index contributed by atoms with van der Waals surface area (Å²) in [5.74, 6) is 0.428. The zero-order valence-corrected chi connectivity index (χ0v) is 16.8. The minimum atomic E-state index is -3.69. The maximum atomic E-state index is 12.9. The van der Waals surface area contributed by atoms with E-state index in [0.717, 1.165) is 41.8 Å². The van der Waals surface area contributed by atoms with Gasteiger partial charge in [0.05, 0.1) is 16.3 Å². The Morgan fingerprint density at radius 1 is 1.04 bits per heavy atom. The van der Waals surface area contributed by atoms with E-state index in [4.69, 9.17) is 0 Å². The number of anilines is 1. The third-order valence-electron chi connectivity index (χ3n) is 4.47. The molecular weight excluding hydrogens is 358 g/mol. The Balaban J connectivity index is 1.90. The molecule has 0 fully saturated rings. The summed E-state index contributed by atoms with van der Waals surface area (Å²) in [5, 5.41) is 4.46. The summed E-state index contributed by atoms with van der Waals surface area (Å²) in [4.78, 5) is 0.248. The molecule has 0 aliphatic rings. The van der Waals surface area contributed by atoms with Crippen LogP contribution >= 0.6 is 0 Å². The predicted molar refractivity (Wildman–Crippen MR) is 109 cm³/mol. The largest absolute Gasteiger partial charge is 0.263 e. The maximum absolute atomic E-state index is 12.9. The first kappa shape index (κ1) is 19.2. The van der Waals surface area contributed by atoms with Crippen LogP contribution in [0.2, 0.25) is 0 Å². The Bertz CT molecular complexity index is 1020. The van der Waals surface area contributed by atoms with Gasteiger partial charge in [-0.1, -0.05) is 43.7 Å². The molecule has 0 saturated carbocycles. The van der Waals surface area contributed by atoms with E-state index < -0.39 is 10.0 Å². The van der Waals surface area contributed by atoms with Crippen LogP contribution in [-0.2, 0) is 16.4 Å². The first-order chi connectivity index (χ1) is 12.9. The molecule has 5 nitrogen and oxygen atoms in total. The highest BCUT2D eigenvalue weighted by Crippen LogP contribution is 2.23. The van der Waals surface area contributed by atoms with Crippen molar-refractivity contribution in [3.8, 4) is 5.69 Å². The Hall–Kier alpha value is -2.60. The van der Waals surface area contributed by atoms with Gasteiger partial charge in [-0.2, -0.15) is 5.10 Å². The van der Waals surface area contributed by atoms with Gasteiger partial charge in [0.1, 0.15) is 5.82 Å². The molecule has 2 aromatic carbocycles. The second-order valence-electron chi connectivity index (χ2n) is 6.72. The molecular formula is C21H25N3O2S. The van der Waals surface area contributed by atoms with E-state index in [9.17, 15) is 8.42 Å². The molecule has 0 unspecified atom stereocenters. The number of hydrogen-bond acceptors (Lipinski definition) is 3. The normalized spacial score (nSPS) is 11.5. The number of para-hydroxylation sites is 1. The van der Waals surface area contributed by atoms with Crippen molar-refractivity contribution in [2.24, 2.45) is 0 Å². The van der Waals surface area contributed by atoms with Gasteiger partial charge in [0.15, 0.2) is 0 Å². The van der Waals surface area contributed by atoms with E-state index >= 15 is 0 Å². The fourth-order valence-corrected chi connectivity index (χ4v) is 4.00.